The first-order valence-electron chi connectivity index (χ1n) is 5.94. The number of aliphatic hydroxyl groups is 1. The van der Waals surface area contributed by atoms with E-state index in [1.54, 1.807) is 28.4 Å². The van der Waals surface area contributed by atoms with E-state index in [1.165, 1.54) is 4.88 Å². The molecule has 0 aliphatic carbocycles. The molecule has 0 radical (unpaired) electrons. The van der Waals surface area contributed by atoms with Gasteiger partial charge in [0, 0.05) is 24.2 Å². The summed E-state index contributed by atoms with van der Waals surface area (Å²) >= 11 is 1.69. The van der Waals surface area contributed by atoms with Gasteiger partial charge in [0.05, 0.1) is 18.5 Å². The smallest absolute Gasteiger partial charge is 0.241 e. The van der Waals surface area contributed by atoms with Crippen LogP contribution < -0.4 is 10.6 Å². The first kappa shape index (κ1) is 13.6. The Balaban J connectivity index is 1.80. The zero-order valence-corrected chi connectivity index (χ0v) is 11.2. The number of aliphatic hydroxyl groups excluding tert-OH is 1. The SMILES string of the molecule is O=C(Cn1cc(NCc2cccs2)cn1)NCCO. The molecular formula is C12H16N4O2S. The van der Waals surface area contributed by atoms with Crippen LogP contribution in [0.4, 0.5) is 5.69 Å². The van der Waals surface area contributed by atoms with E-state index >= 15 is 0 Å². The molecule has 0 aliphatic heterocycles. The van der Waals surface area contributed by atoms with E-state index < -0.39 is 0 Å². The van der Waals surface area contributed by atoms with Crippen molar-refractivity contribution in [2.45, 2.75) is 13.1 Å². The molecule has 102 valence electrons. The molecule has 0 unspecified atom stereocenters. The summed E-state index contributed by atoms with van der Waals surface area (Å²) in [4.78, 5) is 12.7. The third kappa shape index (κ3) is 4.38. The molecule has 0 bridgehead atoms. The van der Waals surface area contributed by atoms with E-state index in [0.29, 0.717) is 0 Å². The van der Waals surface area contributed by atoms with Gasteiger partial charge >= 0.3 is 0 Å². The predicted octanol–water partition coefficient (Wildman–Crippen LogP) is 0.665. The van der Waals surface area contributed by atoms with Crippen molar-refractivity contribution in [1.82, 2.24) is 15.1 Å². The Morgan fingerprint density at radius 2 is 2.42 bits per heavy atom. The number of nitrogens with one attached hydrogen (secondary N) is 2. The number of amides is 1. The normalized spacial score (nSPS) is 10.4. The van der Waals surface area contributed by atoms with E-state index in [2.05, 4.69) is 21.8 Å². The van der Waals surface area contributed by atoms with Crippen molar-refractivity contribution >= 4 is 22.9 Å². The van der Waals surface area contributed by atoms with Crippen molar-refractivity contribution in [2.75, 3.05) is 18.5 Å². The Morgan fingerprint density at radius 3 is 3.16 bits per heavy atom. The number of rotatable bonds is 7. The summed E-state index contributed by atoms with van der Waals surface area (Å²) in [5.41, 5.74) is 0.878. The van der Waals surface area contributed by atoms with Crippen molar-refractivity contribution in [3.05, 3.63) is 34.8 Å². The lowest BCUT2D eigenvalue weighted by Crippen LogP contribution is -2.30. The minimum atomic E-state index is -0.165. The van der Waals surface area contributed by atoms with Crippen LogP contribution in [-0.4, -0.2) is 33.9 Å². The molecule has 0 fully saturated rings. The average Bonchev–Trinajstić information content (AvgIpc) is 3.05. The van der Waals surface area contributed by atoms with Gasteiger partial charge in [-0.2, -0.15) is 5.10 Å². The molecule has 0 aliphatic rings. The lowest BCUT2D eigenvalue weighted by molar-refractivity contribution is -0.122. The summed E-state index contributed by atoms with van der Waals surface area (Å²) in [7, 11) is 0. The molecule has 0 saturated carbocycles. The fourth-order valence-electron chi connectivity index (χ4n) is 1.54. The van der Waals surface area contributed by atoms with Crippen molar-refractivity contribution in [3.8, 4) is 0 Å². The maximum absolute atomic E-state index is 11.4. The molecule has 3 N–H and O–H groups in total. The summed E-state index contributed by atoms with van der Waals surface area (Å²) < 4.78 is 1.56. The molecule has 2 aromatic heterocycles. The van der Waals surface area contributed by atoms with E-state index in [0.717, 1.165) is 12.2 Å². The van der Waals surface area contributed by atoms with Crippen LogP contribution in [-0.2, 0) is 17.9 Å². The number of aromatic nitrogens is 2. The number of carbonyl (C=O) groups is 1. The zero-order chi connectivity index (χ0) is 13.5. The molecule has 0 spiro atoms. The number of hydrogen-bond acceptors (Lipinski definition) is 5. The van der Waals surface area contributed by atoms with E-state index in [4.69, 9.17) is 5.11 Å². The second kappa shape index (κ2) is 6.91. The molecule has 0 saturated heterocycles. The van der Waals surface area contributed by atoms with Gasteiger partial charge in [-0.3, -0.25) is 9.48 Å². The second-order valence-corrected chi connectivity index (χ2v) is 4.97. The summed E-state index contributed by atoms with van der Waals surface area (Å²) in [6.07, 6.45) is 3.47. The molecular weight excluding hydrogens is 264 g/mol. The molecule has 6 nitrogen and oxygen atoms in total. The van der Waals surface area contributed by atoms with Crippen molar-refractivity contribution in [2.24, 2.45) is 0 Å². The molecule has 2 aromatic rings. The molecule has 1 amide bonds. The van der Waals surface area contributed by atoms with E-state index in [9.17, 15) is 4.79 Å². The van der Waals surface area contributed by atoms with Gasteiger partial charge in [-0.25, -0.2) is 0 Å². The lowest BCUT2D eigenvalue weighted by Gasteiger charge is -2.03. The summed E-state index contributed by atoms with van der Waals surface area (Å²) in [5, 5.41) is 20.5. The number of nitrogens with zero attached hydrogens (tertiary/aromatic N) is 2. The maximum Gasteiger partial charge on any atom is 0.241 e. The highest BCUT2D eigenvalue weighted by Crippen LogP contribution is 2.12. The van der Waals surface area contributed by atoms with Gasteiger partial charge in [-0.15, -0.1) is 11.3 Å². The van der Waals surface area contributed by atoms with Gasteiger partial charge < -0.3 is 15.7 Å². The van der Waals surface area contributed by atoms with Crippen LogP contribution in [0.5, 0.6) is 0 Å². The summed E-state index contributed by atoms with van der Waals surface area (Å²) in [5.74, 6) is -0.165. The Hall–Kier alpha value is -1.86. The fraction of sp³-hybridized carbons (Fsp3) is 0.333. The highest BCUT2D eigenvalue weighted by Gasteiger charge is 2.04. The third-order valence-electron chi connectivity index (χ3n) is 2.42. The van der Waals surface area contributed by atoms with Crippen LogP contribution >= 0.6 is 11.3 Å². The van der Waals surface area contributed by atoms with Crippen LogP contribution in [0.15, 0.2) is 29.9 Å². The topological polar surface area (TPSA) is 79.2 Å². The molecule has 2 heterocycles. The average molecular weight is 280 g/mol. The molecule has 19 heavy (non-hydrogen) atoms. The van der Waals surface area contributed by atoms with Crippen molar-refractivity contribution in [3.63, 3.8) is 0 Å². The highest BCUT2D eigenvalue weighted by atomic mass is 32.1. The van der Waals surface area contributed by atoms with Crippen LogP contribution in [0.2, 0.25) is 0 Å². The first-order valence-corrected chi connectivity index (χ1v) is 6.82. The fourth-order valence-corrected chi connectivity index (χ4v) is 2.19. The standard InChI is InChI=1S/C12H16N4O2S/c17-4-3-13-12(18)9-16-8-10(6-15-16)14-7-11-2-1-5-19-11/h1-2,5-6,8,14,17H,3-4,7,9H2,(H,13,18). The van der Waals surface area contributed by atoms with Crippen LogP contribution in [0.1, 0.15) is 4.88 Å². The van der Waals surface area contributed by atoms with E-state index in [1.807, 2.05) is 11.4 Å². The van der Waals surface area contributed by atoms with Crippen LogP contribution in [0.25, 0.3) is 0 Å². The first-order chi connectivity index (χ1) is 9.28. The minimum Gasteiger partial charge on any atom is -0.395 e. The summed E-state index contributed by atoms with van der Waals surface area (Å²) in [6, 6.07) is 4.07. The minimum absolute atomic E-state index is 0.0571. The largest absolute Gasteiger partial charge is 0.395 e. The van der Waals surface area contributed by atoms with Crippen molar-refractivity contribution in [1.29, 1.82) is 0 Å². The molecule has 7 heteroatoms. The second-order valence-electron chi connectivity index (χ2n) is 3.93. The Labute approximate surface area is 115 Å². The Morgan fingerprint density at radius 1 is 1.53 bits per heavy atom. The molecule has 0 atom stereocenters. The third-order valence-corrected chi connectivity index (χ3v) is 3.30. The van der Waals surface area contributed by atoms with Crippen LogP contribution in [0.3, 0.4) is 0 Å². The number of carbonyl (C=O) groups excluding carboxylic acids is 1. The van der Waals surface area contributed by atoms with Gasteiger partial charge in [0.25, 0.3) is 0 Å². The summed E-state index contributed by atoms with van der Waals surface area (Å²) in [6.45, 7) is 1.11. The van der Waals surface area contributed by atoms with Gasteiger partial charge in [-0.05, 0) is 11.4 Å². The zero-order valence-electron chi connectivity index (χ0n) is 10.4. The van der Waals surface area contributed by atoms with Crippen LogP contribution in [0, 0.1) is 0 Å². The molecule has 0 aromatic carbocycles. The van der Waals surface area contributed by atoms with Gasteiger partial charge in [0.15, 0.2) is 0 Å². The number of thiophene rings is 1. The lowest BCUT2D eigenvalue weighted by atomic mass is 10.4. The van der Waals surface area contributed by atoms with Gasteiger partial charge in [0.1, 0.15) is 6.54 Å². The van der Waals surface area contributed by atoms with Gasteiger partial charge in [0.2, 0.25) is 5.91 Å². The van der Waals surface area contributed by atoms with Gasteiger partial charge in [-0.1, -0.05) is 6.07 Å². The predicted molar refractivity (Wildman–Crippen MR) is 74.0 cm³/mol. The Bertz CT molecular complexity index is 510. The maximum atomic E-state index is 11.4. The van der Waals surface area contributed by atoms with E-state index in [-0.39, 0.29) is 25.6 Å². The monoisotopic (exact) mass is 280 g/mol. The van der Waals surface area contributed by atoms with Crippen molar-refractivity contribution < 1.29 is 9.90 Å². The quantitative estimate of drug-likeness (QED) is 0.696. The number of hydrogen-bond donors (Lipinski definition) is 3. The number of anilines is 1. The molecule has 2 rings (SSSR count). The Kier molecular flexibility index (Phi) is 4.93. The highest BCUT2D eigenvalue weighted by molar-refractivity contribution is 7.09.